The van der Waals surface area contributed by atoms with E-state index in [1.165, 1.54) is 12.5 Å². The summed E-state index contributed by atoms with van der Waals surface area (Å²) in [5.41, 5.74) is 0.0915. The molecule has 150 valence electrons. The molecule has 2 rings (SSSR count). The second-order valence-corrected chi connectivity index (χ2v) is 6.75. The molecule has 0 radical (unpaired) electrons. The maximum Gasteiger partial charge on any atom is 0.405 e. The molecule has 2 aromatic rings. The SMILES string of the molecule is CCCCc1ccc(Oc2ccc(NC(=O)[C@](C)(CO)NC(=O)O)cc2)cc1. The van der Waals surface area contributed by atoms with Gasteiger partial charge in [-0.05, 0) is 61.7 Å². The van der Waals surface area contributed by atoms with Gasteiger partial charge >= 0.3 is 6.09 Å². The van der Waals surface area contributed by atoms with E-state index in [-0.39, 0.29) is 0 Å². The highest BCUT2D eigenvalue weighted by atomic mass is 16.5. The molecule has 0 aliphatic rings. The van der Waals surface area contributed by atoms with Crippen molar-refractivity contribution in [3.8, 4) is 11.5 Å². The lowest BCUT2D eigenvalue weighted by Gasteiger charge is -2.25. The van der Waals surface area contributed by atoms with E-state index in [2.05, 4.69) is 12.2 Å². The van der Waals surface area contributed by atoms with Crippen molar-refractivity contribution in [3.63, 3.8) is 0 Å². The number of carbonyl (C=O) groups is 2. The van der Waals surface area contributed by atoms with Gasteiger partial charge in [0.05, 0.1) is 6.61 Å². The Bertz CT molecular complexity index is 789. The zero-order valence-electron chi connectivity index (χ0n) is 16.1. The maximum absolute atomic E-state index is 12.3. The van der Waals surface area contributed by atoms with E-state index < -0.39 is 24.1 Å². The molecule has 0 aliphatic carbocycles. The van der Waals surface area contributed by atoms with Crippen molar-refractivity contribution >= 4 is 17.7 Å². The predicted octanol–water partition coefficient (Wildman–Crippen LogP) is 3.78. The Hall–Kier alpha value is -3.06. The summed E-state index contributed by atoms with van der Waals surface area (Å²) >= 11 is 0. The number of carboxylic acid groups (broad SMARTS) is 1. The van der Waals surface area contributed by atoms with Crippen LogP contribution in [0, 0.1) is 0 Å². The van der Waals surface area contributed by atoms with Crippen LogP contribution in [0.4, 0.5) is 10.5 Å². The summed E-state index contributed by atoms with van der Waals surface area (Å²) in [5, 5.41) is 22.8. The van der Waals surface area contributed by atoms with Crippen molar-refractivity contribution < 1.29 is 24.5 Å². The average Bonchev–Trinajstić information content (AvgIpc) is 2.68. The summed E-state index contributed by atoms with van der Waals surface area (Å²) in [4.78, 5) is 23.1. The van der Waals surface area contributed by atoms with Crippen LogP contribution in [0.15, 0.2) is 48.5 Å². The Balaban J connectivity index is 1.97. The number of carbonyl (C=O) groups excluding carboxylic acids is 1. The summed E-state index contributed by atoms with van der Waals surface area (Å²) in [6, 6.07) is 14.6. The zero-order chi connectivity index (χ0) is 20.6. The molecule has 7 nitrogen and oxygen atoms in total. The number of aliphatic hydroxyl groups is 1. The summed E-state index contributed by atoms with van der Waals surface area (Å²) in [7, 11) is 0. The molecule has 1 atom stereocenters. The van der Waals surface area contributed by atoms with E-state index in [0.29, 0.717) is 11.4 Å². The molecular weight excluding hydrogens is 360 g/mol. The second-order valence-electron chi connectivity index (χ2n) is 6.75. The van der Waals surface area contributed by atoms with Crippen molar-refractivity contribution in [1.82, 2.24) is 5.32 Å². The summed E-state index contributed by atoms with van der Waals surface area (Å²) in [5.74, 6) is 0.664. The number of hydrogen-bond acceptors (Lipinski definition) is 4. The molecule has 0 saturated heterocycles. The van der Waals surface area contributed by atoms with Crippen LogP contribution in [0.25, 0.3) is 0 Å². The Kier molecular flexibility index (Phi) is 7.40. The fraction of sp³-hybridized carbons (Fsp3) is 0.333. The smallest absolute Gasteiger partial charge is 0.405 e. The Morgan fingerprint density at radius 1 is 1.04 bits per heavy atom. The van der Waals surface area contributed by atoms with E-state index in [9.17, 15) is 14.7 Å². The molecule has 0 aromatic heterocycles. The van der Waals surface area contributed by atoms with Crippen LogP contribution in [0.3, 0.4) is 0 Å². The van der Waals surface area contributed by atoms with Gasteiger partial charge in [0, 0.05) is 5.69 Å². The minimum atomic E-state index is -1.64. The van der Waals surface area contributed by atoms with E-state index in [4.69, 9.17) is 9.84 Å². The highest BCUT2D eigenvalue weighted by Crippen LogP contribution is 2.24. The molecule has 7 heteroatoms. The Morgan fingerprint density at radius 3 is 2.11 bits per heavy atom. The van der Waals surface area contributed by atoms with Crippen molar-refractivity contribution in [3.05, 3.63) is 54.1 Å². The quantitative estimate of drug-likeness (QED) is 0.525. The first-order valence-electron chi connectivity index (χ1n) is 9.16. The molecule has 2 amide bonds. The van der Waals surface area contributed by atoms with E-state index in [1.54, 1.807) is 24.3 Å². The summed E-state index contributed by atoms with van der Waals surface area (Å²) < 4.78 is 5.80. The van der Waals surface area contributed by atoms with Gasteiger partial charge in [0.25, 0.3) is 5.91 Å². The average molecular weight is 386 g/mol. The van der Waals surface area contributed by atoms with Gasteiger partial charge in [0.15, 0.2) is 0 Å². The van der Waals surface area contributed by atoms with Gasteiger partial charge in [-0.15, -0.1) is 0 Å². The Morgan fingerprint density at radius 2 is 1.61 bits per heavy atom. The van der Waals surface area contributed by atoms with Gasteiger partial charge in [-0.25, -0.2) is 4.79 Å². The second kappa shape index (κ2) is 9.75. The van der Waals surface area contributed by atoms with Gasteiger partial charge in [0.2, 0.25) is 0 Å². The van der Waals surface area contributed by atoms with Gasteiger partial charge in [-0.2, -0.15) is 0 Å². The minimum Gasteiger partial charge on any atom is -0.465 e. The van der Waals surface area contributed by atoms with Crippen molar-refractivity contribution in [1.29, 1.82) is 0 Å². The molecule has 0 unspecified atom stereocenters. The van der Waals surface area contributed by atoms with Crippen LogP contribution in [0.2, 0.25) is 0 Å². The first-order valence-corrected chi connectivity index (χ1v) is 9.16. The van der Waals surface area contributed by atoms with Crippen LogP contribution >= 0.6 is 0 Å². The largest absolute Gasteiger partial charge is 0.465 e. The molecule has 28 heavy (non-hydrogen) atoms. The third-order valence-electron chi connectivity index (χ3n) is 4.29. The molecular formula is C21H26N2O5. The van der Waals surface area contributed by atoms with Gasteiger partial charge in [0.1, 0.15) is 17.0 Å². The first kappa shape index (κ1) is 21.2. The summed E-state index contributed by atoms with van der Waals surface area (Å²) in [6.45, 7) is 2.80. The number of amides is 2. The number of hydrogen-bond donors (Lipinski definition) is 4. The van der Waals surface area contributed by atoms with Crippen LogP contribution in [0.1, 0.15) is 32.3 Å². The van der Waals surface area contributed by atoms with Crippen LogP contribution in [-0.4, -0.2) is 34.4 Å². The van der Waals surface area contributed by atoms with Crippen LogP contribution in [0.5, 0.6) is 11.5 Å². The number of benzene rings is 2. The fourth-order valence-corrected chi connectivity index (χ4v) is 2.52. The number of unbranched alkanes of at least 4 members (excludes halogenated alkanes) is 1. The number of aryl methyl sites for hydroxylation is 1. The lowest BCUT2D eigenvalue weighted by molar-refractivity contribution is -0.123. The topological polar surface area (TPSA) is 108 Å². The number of aliphatic hydroxyl groups excluding tert-OH is 1. The lowest BCUT2D eigenvalue weighted by atomic mass is 10.0. The van der Waals surface area contributed by atoms with Crippen molar-refractivity contribution in [2.45, 2.75) is 38.6 Å². The monoisotopic (exact) mass is 386 g/mol. The zero-order valence-corrected chi connectivity index (χ0v) is 16.1. The third-order valence-corrected chi connectivity index (χ3v) is 4.29. The molecule has 4 N–H and O–H groups in total. The molecule has 0 aliphatic heterocycles. The molecule has 0 saturated carbocycles. The standard InChI is InChI=1S/C21H26N2O5/c1-3-4-5-15-6-10-17(11-7-15)28-18-12-8-16(9-13-18)22-19(25)21(2,14-24)23-20(26)27/h6-13,23-24H,3-5,14H2,1-2H3,(H,22,25)(H,26,27)/t21-/m0/s1. The fourth-order valence-electron chi connectivity index (χ4n) is 2.52. The molecule has 0 bridgehead atoms. The van der Waals surface area contributed by atoms with Crippen LogP contribution < -0.4 is 15.4 Å². The number of rotatable bonds is 9. The van der Waals surface area contributed by atoms with Crippen molar-refractivity contribution in [2.75, 3.05) is 11.9 Å². The highest BCUT2D eigenvalue weighted by molar-refractivity contribution is 5.99. The molecule has 0 spiro atoms. The maximum atomic E-state index is 12.3. The van der Waals surface area contributed by atoms with E-state index in [0.717, 1.165) is 25.0 Å². The van der Waals surface area contributed by atoms with Gasteiger partial charge < -0.3 is 25.6 Å². The van der Waals surface area contributed by atoms with E-state index >= 15 is 0 Å². The molecule has 2 aromatic carbocycles. The number of ether oxygens (including phenoxy) is 1. The third kappa shape index (κ3) is 5.99. The predicted molar refractivity (Wildman–Crippen MR) is 107 cm³/mol. The Labute approximate surface area is 164 Å². The van der Waals surface area contributed by atoms with Crippen LogP contribution in [-0.2, 0) is 11.2 Å². The normalized spacial score (nSPS) is 12.7. The van der Waals surface area contributed by atoms with Crippen molar-refractivity contribution in [2.24, 2.45) is 0 Å². The number of anilines is 1. The minimum absolute atomic E-state index is 0.458. The van der Waals surface area contributed by atoms with Gasteiger partial charge in [-0.1, -0.05) is 25.5 Å². The molecule has 0 fully saturated rings. The highest BCUT2D eigenvalue weighted by Gasteiger charge is 2.34. The number of nitrogens with one attached hydrogen (secondary N) is 2. The van der Waals surface area contributed by atoms with Gasteiger partial charge in [-0.3, -0.25) is 4.79 Å². The lowest BCUT2D eigenvalue weighted by Crippen LogP contribution is -2.56. The first-order chi connectivity index (χ1) is 13.4. The summed E-state index contributed by atoms with van der Waals surface area (Å²) in [6.07, 6.45) is 1.97. The van der Waals surface area contributed by atoms with E-state index in [1.807, 2.05) is 29.6 Å². The molecule has 0 heterocycles.